The standard InChI is InChI=1S/C16H16F3N3O2/c1-10-13(11-5-3-2-4-6-11)20-21-14(10)15(23)22-7-8-24-12(9-22)16(17,18)19/h2-6,12H,7-9H2,1H3,(H,20,21)/t12-/m1/s1. The van der Waals surface area contributed by atoms with Gasteiger partial charge in [0, 0.05) is 17.7 Å². The average molecular weight is 339 g/mol. The van der Waals surface area contributed by atoms with Gasteiger partial charge in [-0.15, -0.1) is 0 Å². The largest absolute Gasteiger partial charge is 0.416 e. The molecule has 0 bridgehead atoms. The fourth-order valence-corrected chi connectivity index (χ4v) is 2.67. The number of carbonyl (C=O) groups excluding carboxylic acids is 1. The number of benzene rings is 1. The van der Waals surface area contributed by atoms with Crippen LogP contribution in [0.3, 0.4) is 0 Å². The lowest BCUT2D eigenvalue weighted by Gasteiger charge is -2.33. The summed E-state index contributed by atoms with van der Waals surface area (Å²) in [7, 11) is 0. The van der Waals surface area contributed by atoms with Gasteiger partial charge in [0.25, 0.3) is 5.91 Å². The molecule has 0 spiro atoms. The van der Waals surface area contributed by atoms with Gasteiger partial charge in [-0.05, 0) is 6.92 Å². The van der Waals surface area contributed by atoms with Crippen molar-refractivity contribution in [1.82, 2.24) is 15.1 Å². The van der Waals surface area contributed by atoms with Crippen molar-refractivity contribution >= 4 is 5.91 Å². The molecule has 0 unspecified atom stereocenters. The molecule has 3 rings (SSSR count). The molecule has 128 valence electrons. The second-order valence-electron chi connectivity index (χ2n) is 5.59. The van der Waals surface area contributed by atoms with Crippen LogP contribution in [0.4, 0.5) is 13.2 Å². The quantitative estimate of drug-likeness (QED) is 0.915. The SMILES string of the molecule is Cc1c(-c2ccccc2)n[nH]c1C(=O)N1CCO[C@@H](C(F)(F)F)C1. The zero-order valence-corrected chi connectivity index (χ0v) is 12.9. The van der Waals surface area contributed by atoms with Crippen LogP contribution in [-0.4, -0.2) is 53.0 Å². The van der Waals surface area contributed by atoms with Crippen LogP contribution in [0.2, 0.25) is 0 Å². The lowest BCUT2D eigenvalue weighted by Crippen LogP contribution is -2.51. The van der Waals surface area contributed by atoms with E-state index in [-0.39, 0.29) is 18.8 Å². The summed E-state index contributed by atoms with van der Waals surface area (Å²) in [5.74, 6) is -0.500. The Morgan fingerprint density at radius 1 is 1.33 bits per heavy atom. The van der Waals surface area contributed by atoms with E-state index in [0.29, 0.717) is 11.3 Å². The Morgan fingerprint density at radius 2 is 2.04 bits per heavy atom. The average Bonchev–Trinajstić information content (AvgIpc) is 2.96. The zero-order chi connectivity index (χ0) is 17.3. The Kier molecular flexibility index (Phi) is 4.31. The molecule has 0 radical (unpaired) electrons. The van der Waals surface area contributed by atoms with Crippen LogP contribution in [0, 0.1) is 6.92 Å². The molecule has 1 aliphatic rings. The molecule has 1 saturated heterocycles. The Bertz CT molecular complexity index is 728. The number of H-pyrrole nitrogens is 1. The summed E-state index contributed by atoms with van der Waals surface area (Å²) in [5, 5.41) is 6.80. The molecule has 5 nitrogen and oxygen atoms in total. The van der Waals surface area contributed by atoms with Gasteiger partial charge in [-0.25, -0.2) is 0 Å². The monoisotopic (exact) mass is 339 g/mol. The van der Waals surface area contributed by atoms with Gasteiger partial charge in [0.05, 0.1) is 18.8 Å². The summed E-state index contributed by atoms with van der Waals surface area (Å²) in [6, 6.07) is 9.27. The lowest BCUT2D eigenvalue weighted by molar-refractivity contribution is -0.233. The van der Waals surface area contributed by atoms with Gasteiger partial charge in [0.1, 0.15) is 5.69 Å². The second-order valence-corrected chi connectivity index (χ2v) is 5.59. The molecular formula is C16H16F3N3O2. The number of ether oxygens (including phenoxy) is 1. The van der Waals surface area contributed by atoms with Crippen LogP contribution in [0.5, 0.6) is 0 Å². The number of morpholine rings is 1. The van der Waals surface area contributed by atoms with Gasteiger partial charge >= 0.3 is 6.18 Å². The Balaban J connectivity index is 1.82. The Hall–Kier alpha value is -2.35. The first kappa shape index (κ1) is 16.5. The fourth-order valence-electron chi connectivity index (χ4n) is 2.67. The summed E-state index contributed by atoms with van der Waals surface area (Å²) in [6.45, 7) is 1.18. The number of amides is 1. The molecule has 0 saturated carbocycles. The van der Waals surface area contributed by atoms with Gasteiger partial charge in [-0.1, -0.05) is 30.3 Å². The number of alkyl halides is 3. The topological polar surface area (TPSA) is 58.2 Å². The van der Waals surface area contributed by atoms with E-state index in [0.717, 1.165) is 10.5 Å². The van der Waals surface area contributed by atoms with Gasteiger partial charge in [-0.3, -0.25) is 9.89 Å². The molecule has 24 heavy (non-hydrogen) atoms. The fraction of sp³-hybridized carbons (Fsp3) is 0.375. The normalized spacial score (nSPS) is 18.7. The molecule has 1 aromatic heterocycles. The zero-order valence-electron chi connectivity index (χ0n) is 12.9. The number of halogens is 3. The highest BCUT2D eigenvalue weighted by atomic mass is 19.4. The number of aromatic nitrogens is 2. The number of nitrogens with zero attached hydrogens (tertiary/aromatic N) is 2. The van der Waals surface area contributed by atoms with Crippen molar-refractivity contribution in [3.05, 3.63) is 41.6 Å². The van der Waals surface area contributed by atoms with Gasteiger partial charge in [-0.2, -0.15) is 18.3 Å². The minimum absolute atomic E-state index is 0.116. The van der Waals surface area contributed by atoms with E-state index in [4.69, 9.17) is 4.74 Å². The van der Waals surface area contributed by atoms with Crippen molar-refractivity contribution in [3.63, 3.8) is 0 Å². The first-order chi connectivity index (χ1) is 11.4. The third-order valence-corrected chi connectivity index (χ3v) is 3.99. The molecular weight excluding hydrogens is 323 g/mol. The van der Waals surface area contributed by atoms with Crippen molar-refractivity contribution in [3.8, 4) is 11.3 Å². The van der Waals surface area contributed by atoms with Crippen LogP contribution in [0.1, 0.15) is 16.1 Å². The third kappa shape index (κ3) is 3.14. The summed E-state index contributed by atoms with van der Waals surface area (Å²) < 4.78 is 43.1. The molecule has 8 heteroatoms. The molecule has 1 fully saturated rings. The number of nitrogens with one attached hydrogen (secondary N) is 1. The molecule has 1 aliphatic heterocycles. The van der Waals surface area contributed by atoms with Crippen molar-refractivity contribution in [2.45, 2.75) is 19.2 Å². The minimum Gasteiger partial charge on any atom is -0.365 e. The van der Waals surface area contributed by atoms with Gasteiger partial charge in [0.2, 0.25) is 0 Å². The Labute approximate surface area is 136 Å². The number of hydrogen-bond donors (Lipinski definition) is 1. The van der Waals surface area contributed by atoms with Crippen molar-refractivity contribution < 1.29 is 22.7 Å². The highest BCUT2D eigenvalue weighted by Crippen LogP contribution is 2.28. The van der Waals surface area contributed by atoms with Gasteiger partial charge < -0.3 is 9.64 Å². The van der Waals surface area contributed by atoms with Crippen molar-refractivity contribution in [1.29, 1.82) is 0 Å². The van der Waals surface area contributed by atoms with E-state index in [2.05, 4.69) is 10.2 Å². The van der Waals surface area contributed by atoms with Crippen LogP contribution < -0.4 is 0 Å². The lowest BCUT2D eigenvalue weighted by atomic mass is 10.1. The van der Waals surface area contributed by atoms with E-state index in [1.807, 2.05) is 30.3 Å². The summed E-state index contributed by atoms with van der Waals surface area (Å²) >= 11 is 0. The first-order valence-electron chi connectivity index (χ1n) is 7.46. The van der Waals surface area contributed by atoms with Crippen LogP contribution in [0.25, 0.3) is 11.3 Å². The van der Waals surface area contributed by atoms with Crippen molar-refractivity contribution in [2.24, 2.45) is 0 Å². The third-order valence-electron chi connectivity index (χ3n) is 3.99. The van der Waals surface area contributed by atoms with Crippen LogP contribution in [-0.2, 0) is 4.74 Å². The smallest absolute Gasteiger partial charge is 0.365 e. The maximum atomic E-state index is 12.8. The van der Waals surface area contributed by atoms with Gasteiger partial charge in [0.15, 0.2) is 6.10 Å². The van der Waals surface area contributed by atoms with Crippen LogP contribution >= 0.6 is 0 Å². The Morgan fingerprint density at radius 3 is 2.71 bits per heavy atom. The summed E-state index contributed by atoms with van der Waals surface area (Å²) in [4.78, 5) is 13.7. The highest BCUT2D eigenvalue weighted by Gasteiger charge is 2.44. The first-order valence-corrected chi connectivity index (χ1v) is 7.46. The predicted octanol–water partition coefficient (Wildman–Crippen LogP) is 2.79. The minimum atomic E-state index is -4.49. The molecule has 1 N–H and O–H groups in total. The molecule has 1 atom stereocenters. The summed E-state index contributed by atoms with van der Waals surface area (Å²) in [6.07, 6.45) is -6.44. The number of aromatic amines is 1. The molecule has 2 heterocycles. The number of hydrogen-bond acceptors (Lipinski definition) is 3. The van der Waals surface area contributed by atoms with E-state index >= 15 is 0 Å². The van der Waals surface area contributed by atoms with Crippen molar-refractivity contribution in [2.75, 3.05) is 19.7 Å². The molecule has 2 aromatic rings. The summed E-state index contributed by atoms with van der Waals surface area (Å²) in [5.41, 5.74) is 2.26. The molecule has 1 amide bonds. The number of rotatable bonds is 2. The molecule has 1 aromatic carbocycles. The predicted molar refractivity (Wildman–Crippen MR) is 80.5 cm³/mol. The highest BCUT2D eigenvalue weighted by molar-refractivity contribution is 5.95. The van der Waals surface area contributed by atoms with Crippen LogP contribution in [0.15, 0.2) is 30.3 Å². The van der Waals surface area contributed by atoms with E-state index in [1.165, 1.54) is 0 Å². The van der Waals surface area contributed by atoms with E-state index in [1.54, 1.807) is 6.92 Å². The van der Waals surface area contributed by atoms with E-state index in [9.17, 15) is 18.0 Å². The maximum absolute atomic E-state index is 12.8. The second kappa shape index (κ2) is 6.27. The number of carbonyl (C=O) groups is 1. The van der Waals surface area contributed by atoms with E-state index < -0.39 is 24.7 Å². The molecule has 0 aliphatic carbocycles. The maximum Gasteiger partial charge on any atom is 0.416 e.